The van der Waals surface area contributed by atoms with Crippen LogP contribution in [0.5, 0.6) is 0 Å². The second-order valence-electron chi connectivity index (χ2n) is 7.76. The number of hydrogen-bond donors (Lipinski definition) is 1. The average molecular weight is 289 g/mol. The molecular weight excluding hydrogens is 262 g/mol. The molecule has 1 aromatic heterocycles. The normalized spacial score (nSPS) is 28.4. The van der Waals surface area contributed by atoms with Gasteiger partial charge in [-0.25, -0.2) is 9.97 Å². The van der Waals surface area contributed by atoms with Gasteiger partial charge in [0.15, 0.2) is 0 Å². The molecule has 0 amide bonds. The molecule has 3 heterocycles. The van der Waals surface area contributed by atoms with Crippen LogP contribution >= 0.6 is 0 Å². The molecule has 2 unspecified atom stereocenters. The van der Waals surface area contributed by atoms with E-state index in [1.807, 2.05) is 0 Å². The van der Waals surface area contributed by atoms with Crippen molar-refractivity contribution in [1.82, 2.24) is 9.97 Å². The van der Waals surface area contributed by atoms with Gasteiger partial charge < -0.3 is 10.1 Å². The van der Waals surface area contributed by atoms with Gasteiger partial charge in [-0.2, -0.15) is 0 Å². The first-order valence-electron chi connectivity index (χ1n) is 8.14. The summed E-state index contributed by atoms with van der Waals surface area (Å²) in [4.78, 5) is 9.46. The van der Waals surface area contributed by atoms with E-state index in [0.717, 1.165) is 23.8 Å². The lowest BCUT2D eigenvalue weighted by Crippen LogP contribution is -2.31. The molecule has 1 aromatic rings. The Labute approximate surface area is 127 Å². The minimum Gasteiger partial charge on any atom is -0.373 e. The van der Waals surface area contributed by atoms with Gasteiger partial charge in [0.2, 0.25) is 0 Å². The molecule has 4 heteroatoms. The van der Waals surface area contributed by atoms with E-state index in [0.29, 0.717) is 24.2 Å². The summed E-state index contributed by atoms with van der Waals surface area (Å²) in [6.45, 7) is 10.9. The smallest absolute Gasteiger partial charge is 0.133 e. The van der Waals surface area contributed by atoms with E-state index < -0.39 is 0 Å². The fraction of sp³-hybridized carbons (Fsp3) is 0.765. The molecular formula is C17H27N3O. The Bertz CT molecular complexity index is 521. The number of nitrogens with zero attached hydrogens (tertiary/aromatic N) is 2. The van der Waals surface area contributed by atoms with Crippen LogP contribution in [0.15, 0.2) is 6.07 Å². The highest BCUT2D eigenvalue weighted by molar-refractivity contribution is 5.40. The molecule has 2 fully saturated rings. The molecule has 0 aromatic carbocycles. The fourth-order valence-electron chi connectivity index (χ4n) is 3.16. The van der Waals surface area contributed by atoms with Gasteiger partial charge in [-0.05, 0) is 19.3 Å². The summed E-state index contributed by atoms with van der Waals surface area (Å²) < 4.78 is 5.93. The summed E-state index contributed by atoms with van der Waals surface area (Å²) in [7, 11) is 0. The molecule has 21 heavy (non-hydrogen) atoms. The molecule has 2 bridgehead atoms. The summed E-state index contributed by atoms with van der Waals surface area (Å²) in [5, 5.41) is 3.60. The lowest BCUT2D eigenvalue weighted by Gasteiger charge is -2.24. The van der Waals surface area contributed by atoms with Crippen molar-refractivity contribution in [1.29, 1.82) is 0 Å². The summed E-state index contributed by atoms with van der Waals surface area (Å²) in [5.74, 6) is 2.22. The van der Waals surface area contributed by atoms with E-state index in [9.17, 15) is 0 Å². The monoisotopic (exact) mass is 289 g/mol. The quantitative estimate of drug-likeness (QED) is 0.923. The third-order valence-corrected chi connectivity index (χ3v) is 4.47. The van der Waals surface area contributed by atoms with Crippen LogP contribution in [0.2, 0.25) is 0 Å². The molecule has 0 radical (unpaired) electrons. The van der Waals surface area contributed by atoms with Crippen molar-refractivity contribution in [3.8, 4) is 0 Å². The van der Waals surface area contributed by atoms with Gasteiger partial charge >= 0.3 is 0 Å². The van der Waals surface area contributed by atoms with Crippen molar-refractivity contribution >= 4 is 5.82 Å². The number of anilines is 1. The van der Waals surface area contributed by atoms with E-state index >= 15 is 0 Å². The summed E-state index contributed by atoms with van der Waals surface area (Å²) in [5.41, 5.74) is 1.14. The summed E-state index contributed by atoms with van der Waals surface area (Å²) in [6.07, 6.45) is 4.33. The second-order valence-corrected chi connectivity index (χ2v) is 7.76. The molecule has 3 atom stereocenters. The van der Waals surface area contributed by atoms with Crippen LogP contribution in [-0.2, 0) is 10.2 Å². The van der Waals surface area contributed by atoms with Gasteiger partial charge in [0, 0.05) is 17.4 Å². The van der Waals surface area contributed by atoms with Crippen LogP contribution in [0.1, 0.15) is 71.3 Å². The van der Waals surface area contributed by atoms with E-state index in [2.05, 4.69) is 46.0 Å². The molecule has 2 aliphatic rings. The molecule has 2 saturated heterocycles. The average Bonchev–Trinajstić information content (AvgIpc) is 2.99. The first-order chi connectivity index (χ1) is 9.83. The van der Waals surface area contributed by atoms with Crippen LogP contribution in [0.25, 0.3) is 0 Å². The van der Waals surface area contributed by atoms with Crippen molar-refractivity contribution < 1.29 is 4.74 Å². The lowest BCUT2D eigenvalue weighted by atomic mass is 9.91. The Balaban J connectivity index is 1.85. The van der Waals surface area contributed by atoms with Crippen molar-refractivity contribution in [3.05, 3.63) is 17.6 Å². The third kappa shape index (κ3) is 3.05. The first kappa shape index (κ1) is 14.8. The summed E-state index contributed by atoms with van der Waals surface area (Å²) >= 11 is 0. The molecule has 2 aliphatic heterocycles. The van der Waals surface area contributed by atoms with E-state index in [1.54, 1.807) is 0 Å². The Morgan fingerprint density at radius 2 is 2.00 bits per heavy atom. The molecule has 116 valence electrons. The number of ether oxygens (including phenoxy) is 1. The van der Waals surface area contributed by atoms with Crippen molar-refractivity contribution in [2.24, 2.45) is 0 Å². The Kier molecular flexibility index (Phi) is 3.68. The van der Waals surface area contributed by atoms with Gasteiger partial charge in [0.1, 0.15) is 11.6 Å². The lowest BCUT2D eigenvalue weighted by molar-refractivity contribution is 0.102. The zero-order chi connectivity index (χ0) is 15.2. The predicted octanol–water partition coefficient (Wildman–Crippen LogP) is 3.63. The molecule has 0 spiro atoms. The fourth-order valence-corrected chi connectivity index (χ4v) is 3.16. The summed E-state index contributed by atoms with van der Waals surface area (Å²) in [6, 6.07) is 2.52. The predicted molar refractivity (Wildman–Crippen MR) is 84.7 cm³/mol. The molecule has 1 N–H and O–H groups in total. The third-order valence-electron chi connectivity index (χ3n) is 4.47. The molecule has 0 aliphatic carbocycles. The number of rotatable bonds is 3. The maximum Gasteiger partial charge on any atom is 0.133 e. The van der Waals surface area contributed by atoms with Crippen LogP contribution in [0.3, 0.4) is 0 Å². The van der Waals surface area contributed by atoms with Crippen molar-refractivity contribution in [3.63, 3.8) is 0 Å². The Hall–Kier alpha value is -1.16. The minimum absolute atomic E-state index is 0.0359. The maximum absolute atomic E-state index is 5.93. The van der Waals surface area contributed by atoms with E-state index in [-0.39, 0.29) is 5.41 Å². The van der Waals surface area contributed by atoms with E-state index in [4.69, 9.17) is 14.7 Å². The van der Waals surface area contributed by atoms with Crippen LogP contribution < -0.4 is 5.32 Å². The van der Waals surface area contributed by atoms with Gasteiger partial charge in [0.25, 0.3) is 0 Å². The molecule has 0 saturated carbocycles. The van der Waals surface area contributed by atoms with Crippen LogP contribution in [0, 0.1) is 0 Å². The Morgan fingerprint density at radius 3 is 2.52 bits per heavy atom. The second kappa shape index (κ2) is 5.24. The van der Waals surface area contributed by atoms with Crippen LogP contribution in [0.4, 0.5) is 5.82 Å². The molecule has 3 rings (SSSR count). The number of aromatic nitrogens is 2. The first-order valence-corrected chi connectivity index (χ1v) is 8.14. The number of hydrogen-bond acceptors (Lipinski definition) is 4. The standard InChI is InChI=1S/C17H27N3O/c1-10(2)16-19-14(17(3,4)5)9-15(20-16)18-12-8-11-6-7-13(12)21-11/h9-13H,6-8H2,1-5H3,(H,18,19,20)/t11?,12-,13?/m0/s1. The van der Waals surface area contributed by atoms with Gasteiger partial charge in [0.05, 0.1) is 23.9 Å². The topological polar surface area (TPSA) is 47.0 Å². The zero-order valence-corrected chi connectivity index (χ0v) is 13.8. The largest absolute Gasteiger partial charge is 0.373 e. The van der Waals surface area contributed by atoms with Crippen LogP contribution in [-0.4, -0.2) is 28.2 Å². The van der Waals surface area contributed by atoms with Crippen molar-refractivity contribution in [2.75, 3.05) is 5.32 Å². The Morgan fingerprint density at radius 1 is 1.24 bits per heavy atom. The van der Waals surface area contributed by atoms with E-state index in [1.165, 1.54) is 12.8 Å². The minimum atomic E-state index is 0.0359. The number of fused-ring (bicyclic) bond motifs is 2. The highest BCUT2D eigenvalue weighted by atomic mass is 16.5. The van der Waals surface area contributed by atoms with Gasteiger partial charge in [-0.1, -0.05) is 34.6 Å². The highest BCUT2D eigenvalue weighted by Gasteiger charge is 2.40. The molecule has 4 nitrogen and oxygen atoms in total. The van der Waals surface area contributed by atoms with Gasteiger partial charge in [-0.3, -0.25) is 0 Å². The highest BCUT2D eigenvalue weighted by Crippen LogP contribution is 2.36. The number of nitrogens with one attached hydrogen (secondary N) is 1. The SMILES string of the molecule is CC(C)c1nc(N[C@H]2CC3CCC2O3)cc(C(C)(C)C)n1. The zero-order valence-electron chi connectivity index (χ0n) is 13.8. The van der Waals surface area contributed by atoms with Gasteiger partial charge in [-0.15, -0.1) is 0 Å². The maximum atomic E-state index is 5.93. The van der Waals surface area contributed by atoms with Crippen molar-refractivity contribution in [2.45, 2.75) is 83.5 Å².